The average molecular weight is 363 g/mol. The predicted octanol–water partition coefficient (Wildman–Crippen LogP) is 3.63. The molecule has 1 aromatic rings. The summed E-state index contributed by atoms with van der Waals surface area (Å²) in [7, 11) is 0. The minimum atomic E-state index is -4.60. The Balaban J connectivity index is 2.07. The summed E-state index contributed by atoms with van der Waals surface area (Å²) in [4.78, 5) is 24.7. The summed E-state index contributed by atoms with van der Waals surface area (Å²) in [6.45, 7) is 1.53. The zero-order valence-electron chi connectivity index (χ0n) is 13.1. The molecule has 0 bridgehead atoms. The van der Waals surface area contributed by atoms with Crippen molar-refractivity contribution in [2.45, 2.75) is 32.4 Å². The summed E-state index contributed by atoms with van der Waals surface area (Å²) in [5.41, 5.74) is -0.900. The van der Waals surface area contributed by atoms with Gasteiger partial charge in [-0.15, -0.1) is 0 Å². The highest BCUT2D eigenvalue weighted by Crippen LogP contribution is 2.37. The molecule has 1 fully saturated rings. The van der Waals surface area contributed by atoms with Gasteiger partial charge in [0.1, 0.15) is 0 Å². The van der Waals surface area contributed by atoms with Crippen LogP contribution in [0.5, 0.6) is 0 Å². The SMILES string of the molecule is CC(=O)N(CCNC(=O)C1CCC1)c1ccc(Cl)c(C(F)(F)F)c1. The lowest BCUT2D eigenvalue weighted by molar-refractivity contribution is -0.137. The van der Waals surface area contributed by atoms with E-state index in [-0.39, 0.29) is 30.6 Å². The monoisotopic (exact) mass is 362 g/mol. The number of halogens is 4. The van der Waals surface area contributed by atoms with E-state index in [4.69, 9.17) is 11.6 Å². The van der Waals surface area contributed by atoms with E-state index in [1.807, 2.05) is 0 Å². The number of hydrogen-bond donors (Lipinski definition) is 1. The molecule has 2 amide bonds. The van der Waals surface area contributed by atoms with Crippen LogP contribution in [-0.2, 0) is 15.8 Å². The second-order valence-corrected chi connectivity index (χ2v) is 6.16. The quantitative estimate of drug-likeness (QED) is 0.869. The molecule has 1 aromatic carbocycles. The van der Waals surface area contributed by atoms with Crippen LogP contribution < -0.4 is 10.2 Å². The molecule has 4 nitrogen and oxygen atoms in total. The smallest absolute Gasteiger partial charge is 0.354 e. The topological polar surface area (TPSA) is 49.4 Å². The number of nitrogens with zero attached hydrogens (tertiary/aromatic N) is 1. The second kappa shape index (κ2) is 7.42. The highest BCUT2D eigenvalue weighted by atomic mass is 35.5. The fourth-order valence-corrected chi connectivity index (χ4v) is 2.70. The molecule has 1 aliphatic carbocycles. The van der Waals surface area contributed by atoms with Gasteiger partial charge in [-0.25, -0.2) is 0 Å². The third-order valence-corrected chi connectivity index (χ3v) is 4.39. The van der Waals surface area contributed by atoms with E-state index in [0.29, 0.717) is 0 Å². The first kappa shape index (κ1) is 18.6. The van der Waals surface area contributed by atoms with Crippen molar-refractivity contribution in [2.75, 3.05) is 18.0 Å². The van der Waals surface area contributed by atoms with Crippen molar-refractivity contribution in [1.82, 2.24) is 5.32 Å². The Morgan fingerprint density at radius 3 is 2.50 bits per heavy atom. The summed E-state index contributed by atoms with van der Waals surface area (Å²) in [6.07, 6.45) is -1.86. The Hall–Kier alpha value is -1.76. The number of alkyl halides is 3. The molecule has 0 unspecified atom stereocenters. The van der Waals surface area contributed by atoms with Crippen molar-refractivity contribution in [3.05, 3.63) is 28.8 Å². The number of amides is 2. The number of carbonyl (C=O) groups excluding carboxylic acids is 2. The van der Waals surface area contributed by atoms with Crippen LogP contribution in [-0.4, -0.2) is 24.9 Å². The highest BCUT2D eigenvalue weighted by molar-refractivity contribution is 6.31. The minimum absolute atomic E-state index is 0.0168. The van der Waals surface area contributed by atoms with E-state index in [2.05, 4.69) is 5.32 Å². The zero-order chi connectivity index (χ0) is 17.9. The zero-order valence-corrected chi connectivity index (χ0v) is 13.9. The molecule has 0 spiro atoms. The Bertz CT molecular complexity index is 630. The van der Waals surface area contributed by atoms with Gasteiger partial charge in [0.2, 0.25) is 11.8 Å². The van der Waals surface area contributed by atoms with Crippen LogP contribution >= 0.6 is 11.6 Å². The van der Waals surface area contributed by atoms with E-state index < -0.39 is 22.7 Å². The maximum absolute atomic E-state index is 12.9. The lowest BCUT2D eigenvalue weighted by Gasteiger charge is -2.26. The summed E-state index contributed by atoms with van der Waals surface area (Å²) in [5.74, 6) is -0.469. The first-order chi connectivity index (χ1) is 11.2. The summed E-state index contributed by atoms with van der Waals surface area (Å²) >= 11 is 5.59. The van der Waals surface area contributed by atoms with Crippen molar-refractivity contribution in [3.8, 4) is 0 Å². The van der Waals surface area contributed by atoms with Crippen LogP contribution in [0.3, 0.4) is 0 Å². The average Bonchev–Trinajstić information content (AvgIpc) is 2.41. The normalized spacial score (nSPS) is 14.9. The molecule has 1 N–H and O–H groups in total. The molecule has 1 saturated carbocycles. The third kappa shape index (κ3) is 4.41. The van der Waals surface area contributed by atoms with E-state index in [1.54, 1.807) is 0 Å². The largest absolute Gasteiger partial charge is 0.417 e. The number of nitrogens with one attached hydrogen (secondary N) is 1. The van der Waals surface area contributed by atoms with Gasteiger partial charge in [0.25, 0.3) is 0 Å². The molecule has 0 aromatic heterocycles. The Labute approximate surface area is 143 Å². The van der Waals surface area contributed by atoms with Crippen LogP contribution in [0.15, 0.2) is 18.2 Å². The summed E-state index contributed by atoms with van der Waals surface area (Å²) < 4.78 is 38.8. The Kier molecular flexibility index (Phi) is 5.74. The molecular weight excluding hydrogens is 345 g/mol. The molecule has 0 radical (unpaired) electrons. The van der Waals surface area contributed by atoms with Crippen LogP contribution in [0.2, 0.25) is 5.02 Å². The van der Waals surface area contributed by atoms with Crippen molar-refractivity contribution < 1.29 is 22.8 Å². The van der Waals surface area contributed by atoms with Gasteiger partial charge in [0, 0.05) is 31.6 Å². The summed E-state index contributed by atoms with van der Waals surface area (Å²) in [6, 6.07) is 3.31. The number of benzene rings is 1. The van der Waals surface area contributed by atoms with Gasteiger partial charge < -0.3 is 10.2 Å². The lowest BCUT2D eigenvalue weighted by Crippen LogP contribution is -2.41. The van der Waals surface area contributed by atoms with Crippen molar-refractivity contribution in [2.24, 2.45) is 5.92 Å². The molecule has 1 aliphatic rings. The fourth-order valence-electron chi connectivity index (χ4n) is 2.47. The number of carbonyl (C=O) groups is 2. The van der Waals surface area contributed by atoms with Gasteiger partial charge in [-0.05, 0) is 31.0 Å². The Morgan fingerprint density at radius 1 is 1.33 bits per heavy atom. The highest BCUT2D eigenvalue weighted by Gasteiger charge is 2.34. The van der Waals surface area contributed by atoms with Gasteiger partial charge in [0.15, 0.2) is 0 Å². The molecule has 132 valence electrons. The number of anilines is 1. The molecule has 0 aliphatic heterocycles. The van der Waals surface area contributed by atoms with E-state index >= 15 is 0 Å². The number of hydrogen-bond acceptors (Lipinski definition) is 2. The molecule has 8 heteroatoms. The molecular formula is C16H18ClF3N2O2. The summed E-state index contributed by atoms with van der Waals surface area (Å²) in [5, 5.41) is 2.29. The van der Waals surface area contributed by atoms with Gasteiger partial charge >= 0.3 is 6.18 Å². The van der Waals surface area contributed by atoms with Crippen LogP contribution in [0.25, 0.3) is 0 Å². The Morgan fingerprint density at radius 2 is 2.00 bits per heavy atom. The maximum atomic E-state index is 12.9. The van der Waals surface area contributed by atoms with Crippen LogP contribution in [0, 0.1) is 5.92 Å². The maximum Gasteiger partial charge on any atom is 0.417 e. The lowest BCUT2D eigenvalue weighted by atomic mass is 9.85. The number of rotatable bonds is 5. The van der Waals surface area contributed by atoms with Crippen molar-refractivity contribution in [1.29, 1.82) is 0 Å². The first-order valence-corrected chi connectivity index (χ1v) is 8.00. The third-order valence-electron chi connectivity index (χ3n) is 4.06. The van der Waals surface area contributed by atoms with Crippen molar-refractivity contribution in [3.63, 3.8) is 0 Å². The van der Waals surface area contributed by atoms with E-state index in [9.17, 15) is 22.8 Å². The second-order valence-electron chi connectivity index (χ2n) is 5.75. The minimum Gasteiger partial charge on any atom is -0.354 e. The van der Waals surface area contributed by atoms with Crippen molar-refractivity contribution >= 4 is 29.1 Å². The molecule has 0 saturated heterocycles. The first-order valence-electron chi connectivity index (χ1n) is 7.62. The molecule has 0 heterocycles. The fraction of sp³-hybridized carbons (Fsp3) is 0.500. The van der Waals surface area contributed by atoms with E-state index in [1.165, 1.54) is 17.9 Å². The molecule has 24 heavy (non-hydrogen) atoms. The molecule has 2 rings (SSSR count). The molecule has 0 atom stereocenters. The van der Waals surface area contributed by atoms with Gasteiger partial charge in [-0.3, -0.25) is 9.59 Å². The van der Waals surface area contributed by atoms with E-state index in [0.717, 1.165) is 31.4 Å². The van der Waals surface area contributed by atoms with Gasteiger partial charge in [-0.1, -0.05) is 18.0 Å². The predicted molar refractivity (Wildman–Crippen MR) is 84.8 cm³/mol. The standard InChI is InChI=1S/C16H18ClF3N2O2/c1-10(23)22(8-7-21-15(24)11-3-2-4-11)12-5-6-14(17)13(9-12)16(18,19)20/h5-6,9,11H,2-4,7-8H2,1H3,(H,21,24). The van der Waals surface area contributed by atoms with Crippen LogP contribution in [0.1, 0.15) is 31.7 Å². The van der Waals surface area contributed by atoms with Crippen LogP contribution in [0.4, 0.5) is 18.9 Å². The van der Waals surface area contributed by atoms with Gasteiger partial charge in [-0.2, -0.15) is 13.2 Å². The van der Waals surface area contributed by atoms with Gasteiger partial charge in [0.05, 0.1) is 10.6 Å².